The van der Waals surface area contributed by atoms with Crippen LogP contribution in [0.3, 0.4) is 0 Å². The Morgan fingerprint density at radius 1 is 1.56 bits per heavy atom. The van der Waals surface area contributed by atoms with E-state index in [1.165, 1.54) is 5.69 Å². The van der Waals surface area contributed by atoms with E-state index < -0.39 is 0 Å². The van der Waals surface area contributed by atoms with E-state index in [-0.39, 0.29) is 0 Å². The van der Waals surface area contributed by atoms with E-state index in [9.17, 15) is 0 Å². The van der Waals surface area contributed by atoms with E-state index in [1.807, 2.05) is 4.68 Å². The third-order valence-electron chi connectivity index (χ3n) is 3.26. The van der Waals surface area contributed by atoms with E-state index in [0.717, 1.165) is 51.3 Å². The first kappa shape index (κ1) is 13.5. The Bertz CT molecular complexity index is 361. The van der Waals surface area contributed by atoms with Crippen LogP contribution in [-0.4, -0.2) is 48.5 Å². The Hall–Kier alpha value is -0.980. The fourth-order valence-electron chi connectivity index (χ4n) is 2.39. The molecule has 0 aliphatic carbocycles. The summed E-state index contributed by atoms with van der Waals surface area (Å²) in [5.74, 6) is 0.420. The van der Waals surface area contributed by atoms with Gasteiger partial charge in [0, 0.05) is 39.2 Å². The molecule has 1 aromatic rings. The summed E-state index contributed by atoms with van der Waals surface area (Å²) in [7, 11) is 1.72. The molecule has 1 saturated heterocycles. The summed E-state index contributed by atoms with van der Waals surface area (Å²) in [6.07, 6.45) is 2.79. The smallest absolute Gasteiger partial charge is 0.0875 e. The lowest BCUT2D eigenvalue weighted by Gasteiger charge is -2.12. The van der Waals surface area contributed by atoms with Crippen LogP contribution in [0.15, 0.2) is 0 Å². The first-order chi connectivity index (χ1) is 8.86. The van der Waals surface area contributed by atoms with Crippen molar-refractivity contribution in [1.82, 2.24) is 15.0 Å². The summed E-state index contributed by atoms with van der Waals surface area (Å²) in [4.78, 5) is 0. The summed E-state index contributed by atoms with van der Waals surface area (Å²) < 4.78 is 12.6. The van der Waals surface area contributed by atoms with Crippen LogP contribution >= 0.6 is 0 Å². The molecule has 6 heteroatoms. The third kappa shape index (κ3) is 3.07. The molecule has 1 aromatic heterocycles. The highest BCUT2D eigenvalue weighted by Gasteiger charge is 2.25. The van der Waals surface area contributed by atoms with Gasteiger partial charge in [-0.3, -0.25) is 0 Å². The molecular formula is C12H22N4O2. The molecule has 1 atom stereocenters. The van der Waals surface area contributed by atoms with Gasteiger partial charge in [-0.05, 0) is 19.4 Å². The predicted molar refractivity (Wildman–Crippen MR) is 67.5 cm³/mol. The van der Waals surface area contributed by atoms with Crippen LogP contribution in [0.4, 0.5) is 0 Å². The molecule has 2 N–H and O–H groups in total. The number of aryl methyl sites for hydroxylation is 1. The zero-order valence-corrected chi connectivity index (χ0v) is 11.0. The van der Waals surface area contributed by atoms with E-state index in [4.69, 9.17) is 15.2 Å². The normalized spacial score (nSPS) is 19.6. The minimum atomic E-state index is 0.420. The van der Waals surface area contributed by atoms with Crippen molar-refractivity contribution in [2.24, 2.45) is 5.73 Å². The minimum Gasteiger partial charge on any atom is -0.385 e. The van der Waals surface area contributed by atoms with Crippen LogP contribution in [0.5, 0.6) is 0 Å². The summed E-state index contributed by atoms with van der Waals surface area (Å²) in [5.41, 5.74) is 7.88. The minimum absolute atomic E-state index is 0.420. The second kappa shape index (κ2) is 6.82. The fourth-order valence-corrected chi connectivity index (χ4v) is 2.39. The summed E-state index contributed by atoms with van der Waals surface area (Å²) in [6, 6.07) is 0. The monoisotopic (exact) mass is 254 g/mol. The van der Waals surface area contributed by atoms with Gasteiger partial charge in [-0.25, -0.2) is 4.68 Å². The molecule has 18 heavy (non-hydrogen) atoms. The summed E-state index contributed by atoms with van der Waals surface area (Å²) in [6.45, 7) is 3.80. The molecule has 0 aromatic carbocycles. The van der Waals surface area contributed by atoms with Crippen molar-refractivity contribution in [3.63, 3.8) is 0 Å². The molecule has 102 valence electrons. The molecule has 0 bridgehead atoms. The number of hydrogen-bond acceptors (Lipinski definition) is 5. The summed E-state index contributed by atoms with van der Waals surface area (Å²) >= 11 is 0. The number of aromatic nitrogens is 3. The predicted octanol–water partition coefficient (Wildman–Crippen LogP) is 0.320. The third-order valence-corrected chi connectivity index (χ3v) is 3.26. The first-order valence-corrected chi connectivity index (χ1v) is 6.55. The van der Waals surface area contributed by atoms with Gasteiger partial charge >= 0.3 is 0 Å². The number of rotatable bonds is 7. The first-order valence-electron chi connectivity index (χ1n) is 6.55. The van der Waals surface area contributed by atoms with Crippen molar-refractivity contribution in [3.05, 3.63) is 11.4 Å². The van der Waals surface area contributed by atoms with E-state index in [1.54, 1.807) is 7.11 Å². The van der Waals surface area contributed by atoms with Crippen molar-refractivity contribution in [2.75, 3.05) is 33.5 Å². The number of ether oxygens (including phenoxy) is 2. The van der Waals surface area contributed by atoms with Crippen LogP contribution in [0.1, 0.15) is 30.1 Å². The number of nitrogens with zero attached hydrogens (tertiary/aromatic N) is 3. The lowest BCUT2D eigenvalue weighted by Crippen LogP contribution is -2.14. The quantitative estimate of drug-likeness (QED) is 0.709. The van der Waals surface area contributed by atoms with Crippen LogP contribution in [0.25, 0.3) is 0 Å². The SMILES string of the molecule is COCCCn1nnc(CCN)c1C1CCOC1. The zero-order valence-electron chi connectivity index (χ0n) is 11.0. The van der Waals surface area contributed by atoms with Crippen molar-refractivity contribution in [3.8, 4) is 0 Å². The van der Waals surface area contributed by atoms with E-state index in [0.29, 0.717) is 12.5 Å². The Kier molecular flexibility index (Phi) is 5.10. The molecule has 1 aliphatic rings. The number of hydrogen-bond donors (Lipinski definition) is 1. The zero-order chi connectivity index (χ0) is 12.8. The van der Waals surface area contributed by atoms with Gasteiger partial charge in [0.15, 0.2) is 0 Å². The maximum absolute atomic E-state index is 5.63. The van der Waals surface area contributed by atoms with Crippen molar-refractivity contribution >= 4 is 0 Å². The van der Waals surface area contributed by atoms with Gasteiger partial charge in [-0.15, -0.1) is 5.10 Å². The molecule has 0 saturated carbocycles. The lowest BCUT2D eigenvalue weighted by molar-refractivity contribution is 0.186. The van der Waals surface area contributed by atoms with Gasteiger partial charge in [-0.1, -0.05) is 5.21 Å². The average Bonchev–Trinajstić information content (AvgIpc) is 2.99. The second-order valence-electron chi connectivity index (χ2n) is 4.59. The van der Waals surface area contributed by atoms with Crippen LogP contribution < -0.4 is 5.73 Å². The van der Waals surface area contributed by atoms with Gasteiger partial charge < -0.3 is 15.2 Å². The Balaban J connectivity index is 2.11. The van der Waals surface area contributed by atoms with Crippen LogP contribution in [0, 0.1) is 0 Å². The molecule has 0 amide bonds. The molecule has 2 rings (SSSR count). The highest BCUT2D eigenvalue weighted by Crippen LogP contribution is 2.27. The molecule has 0 radical (unpaired) electrons. The highest BCUT2D eigenvalue weighted by molar-refractivity contribution is 5.17. The molecule has 1 fully saturated rings. The lowest BCUT2D eigenvalue weighted by atomic mass is 10.0. The maximum Gasteiger partial charge on any atom is 0.0875 e. The second-order valence-corrected chi connectivity index (χ2v) is 4.59. The highest BCUT2D eigenvalue weighted by atomic mass is 16.5. The van der Waals surface area contributed by atoms with Crippen LogP contribution in [0.2, 0.25) is 0 Å². The molecule has 1 unspecified atom stereocenters. The number of nitrogens with two attached hydrogens (primary N) is 1. The molecular weight excluding hydrogens is 232 g/mol. The number of methoxy groups -OCH3 is 1. The molecule has 0 spiro atoms. The molecule has 6 nitrogen and oxygen atoms in total. The Labute approximate surface area is 107 Å². The Morgan fingerprint density at radius 2 is 2.44 bits per heavy atom. The largest absolute Gasteiger partial charge is 0.385 e. The van der Waals surface area contributed by atoms with Gasteiger partial charge in [-0.2, -0.15) is 0 Å². The van der Waals surface area contributed by atoms with Crippen LogP contribution in [-0.2, 0) is 22.4 Å². The maximum atomic E-state index is 5.63. The average molecular weight is 254 g/mol. The molecule has 1 aliphatic heterocycles. The van der Waals surface area contributed by atoms with Crippen molar-refractivity contribution < 1.29 is 9.47 Å². The van der Waals surface area contributed by atoms with E-state index >= 15 is 0 Å². The van der Waals surface area contributed by atoms with Gasteiger partial charge in [0.2, 0.25) is 0 Å². The van der Waals surface area contributed by atoms with Crippen molar-refractivity contribution in [1.29, 1.82) is 0 Å². The van der Waals surface area contributed by atoms with E-state index in [2.05, 4.69) is 10.3 Å². The summed E-state index contributed by atoms with van der Waals surface area (Å²) in [5, 5.41) is 8.52. The van der Waals surface area contributed by atoms with Crippen molar-refractivity contribution in [2.45, 2.75) is 31.7 Å². The fraction of sp³-hybridized carbons (Fsp3) is 0.833. The topological polar surface area (TPSA) is 75.2 Å². The van der Waals surface area contributed by atoms with Gasteiger partial charge in [0.25, 0.3) is 0 Å². The van der Waals surface area contributed by atoms with Gasteiger partial charge in [0.1, 0.15) is 0 Å². The van der Waals surface area contributed by atoms with Gasteiger partial charge in [0.05, 0.1) is 18.0 Å². The standard InChI is InChI=1S/C12H22N4O2/c1-17-7-2-6-16-12(10-4-8-18-9-10)11(3-5-13)14-15-16/h10H,2-9,13H2,1H3. The Morgan fingerprint density at radius 3 is 3.11 bits per heavy atom. The molecule has 2 heterocycles.